The molecule has 0 aliphatic carbocycles. The van der Waals surface area contributed by atoms with Gasteiger partial charge < -0.3 is 15.2 Å². The fourth-order valence-corrected chi connectivity index (χ4v) is 2.48. The summed E-state index contributed by atoms with van der Waals surface area (Å²) in [7, 11) is 1.95. The van der Waals surface area contributed by atoms with Crippen molar-refractivity contribution < 1.29 is 4.79 Å². The second kappa shape index (κ2) is 6.57. The molecule has 0 bridgehead atoms. The van der Waals surface area contributed by atoms with Crippen molar-refractivity contribution in [2.75, 3.05) is 7.05 Å². The van der Waals surface area contributed by atoms with Crippen LogP contribution in [0.1, 0.15) is 25.8 Å². The molecule has 1 heterocycles. The van der Waals surface area contributed by atoms with Gasteiger partial charge in [-0.1, -0.05) is 18.2 Å². The van der Waals surface area contributed by atoms with Gasteiger partial charge >= 0.3 is 0 Å². The Morgan fingerprint density at radius 2 is 2.10 bits per heavy atom. The standard InChI is InChI=1S/C16H23N3O/c1-12(2)18-15(20)8-10-19-9-7-13-5-4-6-14(11-17-3)16(13)19/h4-7,9,12,17H,8,10-11H2,1-3H3,(H,18,20). The Morgan fingerprint density at radius 1 is 1.30 bits per heavy atom. The van der Waals surface area contributed by atoms with E-state index in [0.29, 0.717) is 13.0 Å². The normalized spacial score (nSPS) is 11.2. The number of para-hydroxylation sites is 1. The van der Waals surface area contributed by atoms with Crippen LogP contribution in [-0.4, -0.2) is 23.6 Å². The molecule has 20 heavy (non-hydrogen) atoms. The van der Waals surface area contributed by atoms with Gasteiger partial charge in [0.2, 0.25) is 5.91 Å². The average molecular weight is 273 g/mol. The molecule has 4 nitrogen and oxygen atoms in total. The molecule has 0 aliphatic heterocycles. The molecule has 1 aromatic heterocycles. The van der Waals surface area contributed by atoms with Crippen LogP contribution in [0.15, 0.2) is 30.5 Å². The van der Waals surface area contributed by atoms with Crippen LogP contribution in [-0.2, 0) is 17.9 Å². The highest BCUT2D eigenvalue weighted by Gasteiger charge is 2.08. The van der Waals surface area contributed by atoms with Crippen LogP contribution in [0.25, 0.3) is 10.9 Å². The minimum Gasteiger partial charge on any atom is -0.354 e. The summed E-state index contributed by atoms with van der Waals surface area (Å²) in [5.41, 5.74) is 2.48. The highest BCUT2D eigenvalue weighted by molar-refractivity contribution is 5.83. The number of carbonyl (C=O) groups is 1. The molecule has 4 heteroatoms. The average Bonchev–Trinajstić information content (AvgIpc) is 2.80. The third kappa shape index (κ3) is 3.39. The zero-order chi connectivity index (χ0) is 14.5. The van der Waals surface area contributed by atoms with Crippen molar-refractivity contribution >= 4 is 16.8 Å². The van der Waals surface area contributed by atoms with E-state index in [2.05, 4.69) is 45.7 Å². The van der Waals surface area contributed by atoms with E-state index >= 15 is 0 Å². The predicted molar refractivity (Wildman–Crippen MR) is 82.6 cm³/mol. The van der Waals surface area contributed by atoms with Crippen LogP contribution in [0.3, 0.4) is 0 Å². The number of carbonyl (C=O) groups excluding carboxylic acids is 1. The molecule has 0 fully saturated rings. The van der Waals surface area contributed by atoms with E-state index in [0.717, 1.165) is 6.54 Å². The maximum Gasteiger partial charge on any atom is 0.221 e. The van der Waals surface area contributed by atoms with Crippen molar-refractivity contribution in [3.63, 3.8) is 0 Å². The number of rotatable bonds is 6. The zero-order valence-electron chi connectivity index (χ0n) is 12.4. The molecule has 0 spiro atoms. The number of nitrogens with zero attached hydrogens (tertiary/aromatic N) is 1. The summed E-state index contributed by atoms with van der Waals surface area (Å²) in [6.45, 7) is 5.50. The minimum absolute atomic E-state index is 0.105. The summed E-state index contributed by atoms with van der Waals surface area (Å²) < 4.78 is 2.17. The van der Waals surface area contributed by atoms with Crippen LogP contribution >= 0.6 is 0 Å². The van der Waals surface area contributed by atoms with Crippen LogP contribution in [0.2, 0.25) is 0 Å². The van der Waals surface area contributed by atoms with E-state index in [1.54, 1.807) is 0 Å². The van der Waals surface area contributed by atoms with Crippen molar-refractivity contribution in [3.8, 4) is 0 Å². The van der Waals surface area contributed by atoms with Crippen LogP contribution in [0, 0.1) is 0 Å². The third-order valence-electron chi connectivity index (χ3n) is 3.27. The summed E-state index contributed by atoms with van der Waals surface area (Å²) in [6.07, 6.45) is 2.57. The Kier molecular flexibility index (Phi) is 4.79. The molecule has 2 N–H and O–H groups in total. The number of amides is 1. The summed E-state index contributed by atoms with van der Waals surface area (Å²) in [6, 6.07) is 8.62. The van der Waals surface area contributed by atoms with Gasteiger partial charge in [-0.05, 0) is 37.9 Å². The van der Waals surface area contributed by atoms with E-state index in [1.807, 2.05) is 20.9 Å². The molecule has 1 aromatic carbocycles. The predicted octanol–water partition coefficient (Wildman–Crippen LogP) is 2.28. The molecule has 0 unspecified atom stereocenters. The fourth-order valence-electron chi connectivity index (χ4n) is 2.48. The minimum atomic E-state index is 0.105. The summed E-state index contributed by atoms with van der Waals surface area (Å²) in [5, 5.41) is 7.34. The van der Waals surface area contributed by atoms with Gasteiger partial charge in [0.1, 0.15) is 0 Å². The first kappa shape index (κ1) is 14.6. The van der Waals surface area contributed by atoms with E-state index in [-0.39, 0.29) is 11.9 Å². The summed E-state index contributed by atoms with van der Waals surface area (Å²) >= 11 is 0. The first-order valence-electron chi connectivity index (χ1n) is 7.12. The maximum atomic E-state index is 11.8. The Bertz CT molecular complexity index is 586. The quantitative estimate of drug-likeness (QED) is 0.848. The van der Waals surface area contributed by atoms with Crippen molar-refractivity contribution in [2.24, 2.45) is 0 Å². The lowest BCUT2D eigenvalue weighted by Crippen LogP contribution is -2.30. The number of aryl methyl sites for hydroxylation is 1. The smallest absolute Gasteiger partial charge is 0.221 e. The van der Waals surface area contributed by atoms with Gasteiger partial charge in [0.05, 0.1) is 5.52 Å². The van der Waals surface area contributed by atoms with E-state index in [4.69, 9.17) is 0 Å². The van der Waals surface area contributed by atoms with E-state index in [9.17, 15) is 4.79 Å². The molecule has 0 saturated heterocycles. The second-order valence-electron chi connectivity index (χ2n) is 5.37. The Morgan fingerprint density at radius 3 is 2.80 bits per heavy atom. The van der Waals surface area contributed by atoms with Crippen molar-refractivity contribution in [1.29, 1.82) is 0 Å². The number of hydrogen-bond acceptors (Lipinski definition) is 2. The van der Waals surface area contributed by atoms with Crippen LogP contribution in [0.4, 0.5) is 0 Å². The highest BCUT2D eigenvalue weighted by Crippen LogP contribution is 2.20. The molecule has 1 amide bonds. The SMILES string of the molecule is CNCc1cccc2ccn(CCC(=O)NC(C)C)c12. The highest BCUT2D eigenvalue weighted by atomic mass is 16.1. The second-order valence-corrected chi connectivity index (χ2v) is 5.37. The van der Waals surface area contributed by atoms with E-state index in [1.165, 1.54) is 16.5 Å². The number of aromatic nitrogens is 1. The number of fused-ring (bicyclic) bond motifs is 1. The molecule has 2 rings (SSSR count). The largest absolute Gasteiger partial charge is 0.354 e. The molecule has 0 atom stereocenters. The van der Waals surface area contributed by atoms with Gasteiger partial charge in [0, 0.05) is 31.7 Å². The van der Waals surface area contributed by atoms with Gasteiger partial charge in [-0.15, -0.1) is 0 Å². The first-order valence-corrected chi connectivity index (χ1v) is 7.12. The van der Waals surface area contributed by atoms with Gasteiger partial charge in [-0.2, -0.15) is 0 Å². The molecule has 2 aromatic rings. The molecular formula is C16H23N3O. The number of nitrogens with one attached hydrogen (secondary N) is 2. The molecular weight excluding hydrogens is 250 g/mol. The zero-order valence-corrected chi connectivity index (χ0v) is 12.4. The van der Waals surface area contributed by atoms with Gasteiger partial charge in [-0.25, -0.2) is 0 Å². The fraction of sp³-hybridized carbons (Fsp3) is 0.438. The van der Waals surface area contributed by atoms with Gasteiger partial charge in [-0.3, -0.25) is 4.79 Å². The van der Waals surface area contributed by atoms with Gasteiger partial charge in [0.15, 0.2) is 0 Å². The molecule has 0 radical (unpaired) electrons. The summed E-state index contributed by atoms with van der Waals surface area (Å²) in [4.78, 5) is 11.8. The third-order valence-corrected chi connectivity index (χ3v) is 3.27. The lowest BCUT2D eigenvalue weighted by molar-refractivity contribution is -0.121. The molecule has 0 aliphatic rings. The Labute approximate surface area is 120 Å². The van der Waals surface area contributed by atoms with Crippen molar-refractivity contribution in [3.05, 3.63) is 36.0 Å². The maximum absolute atomic E-state index is 11.8. The van der Waals surface area contributed by atoms with E-state index < -0.39 is 0 Å². The first-order chi connectivity index (χ1) is 9.61. The Balaban J connectivity index is 2.16. The monoisotopic (exact) mass is 273 g/mol. The Hall–Kier alpha value is -1.81. The molecule has 108 valence electrons. The van der Waals surface area contributed by atoms with Gasteiger partial charge in [0.25, 0.3) is 0 Å². The lowest BCUT2D eigenvalue weighted by atomic mass is 10.1. The van der Waals surface area contributed by atoms with Crippen molar-refractivity contribution in [2.45, 2.75) is 39.4 Å². The summed E-state index contributed by atoms with van der Waals surface area (Å²) in [5.74, 6) is 0.105. The molecule has 0 saturated carbocycles. The topological polar surface area (TPSA) is 46.1 Å². The lowest BCUT2D eigenvalue weighted by Gasteiger charge is -2.11. The van der Waals surface area contributed by atoms with Crippen molar-refractivity contribution in [1.82, 2.24) is 15.2 Å². The van der Waals surface area contributed by atoms with Crippen LogP contribution < -0.4 is 10.6 Å². The number of hydrogen-bond donors (Lipinski definition) is 2. The number of benzene rings is 1. The van der Waals surface area contributed by atoms with Crippen LogP contribution in [0.5, 0.6) is 0 Å².